The quantitative estimate of drug-likeness (QED) is 0.745. The van der Waals surface area contributed by atoms with Gasteiger partial charge in [0.2, 0.25) is 11.8 Å². The van der Waals surface area contributed by atoms with Crippen molar-refractivity contribution in [2.45, 2.75) is 12.5 Å². The van der Waals surface area contributed by atoms with Gasteiger partial charge in [-0.1, -0.05) is 23.2 Å². The molecule has 0 N–H and O–H groups in total. The normalized spacial score (nSPS) is 16.4. The number of nitrogens with zero attached hydrogens (tertiary/aromatic N) is 3. The van der Waals surface area contributed by atoms with Gasteiger partial charge in [0.15, 0.2) is 6.61 Å². The highest BCUT2D eigenvalue weighted by molar-refractivity contribution is 6.35. The van der Waals surface area contributed by atoms with Gasteiger partial charge in [-0.25, -0.2) is 0 Å². The summed E-state index contributed by atoms with van der Waals surface area (Å²) in [5, 5.41) is 8.65. The molecule has 1 aromatic carbocycles. The fourth-order valence-corrected chi connectivity index (χ4v) is 2.99. The Balaban J connectivity index is 1.48. The standard InChI is InChI=1S/C17H17Cl2N3O4/c1-24-15-4-5-16(21-20-15)26-12-6-7-22(9-12)17(23)10-25-14-3-2-11(18)8-13(14)19/h2-5,8,12H,6-7,9-10H2,1H3. The van der Waals surface area contributed by atoms with E-state index in [4.69, 9.17) is 37.4 Å². The summed E-state index contributed by atoms with van der Waals surface area (Å²) >= 11 is 11.9. The van der Waals surface area contributed by atoms with E-state index in [-0.39, 0.29) is 18.6 Å². The van der Waals surface area contributed by atoms with Gasteiger partial charge in [0.05, 0.1) is 18.7 Å². The number of aromatic nitrogens is 2. The van der Waals surface area contributed by atoms with Crippen LogP contribution in [-0.2, 0) is 4.79 Å². The predicted octanol–water partition coefficient (Wildman–Crippen LogP) is 2.85. The Kier molecular flexibility index (Phi) is 6.00. The van der Waals surface area contributed by atoms with Gasteiger partial charge in [-0.3, -0.25) is 4.79 Å². The summed E-state index contributed by atoms with van der Waals surface area (Å²) in [7, 11) is 1.52. The lowest BCUT2D eigenvalue weighted by atomic mass is 10.3. The van der Waals surface area contributed by atoms with Crippen molar-refractivity contribution in [3.63, 3.8) is 0 Å². The van der Waals surface area contributed by atoms with Crippen molar-refractivity contribution in [1.82, 2.24) is 15.1 Å². The van der Waals surface area contributed by atoms with E-state index in [1.165, 1.54) is 7.11 Å². The second kappa shape index (κ2) is 8.42. The Hall–Kier alpha value is -2.25. The summed E-state index contributed by atoms with van der Waals surface area (Å²) in [5.41, 5.74) is 0. The van der Waals surface area contributed by atoms with E-state index in [2.05, 4.69) is 10.2 Å². The van der Waals surface area contributed by atoms with Crippen molar-refractivity contribution < 1.29 is 19.0 Å². The van der Waals surface area contributed by atoms with Crippen molar-refractivity contribution in [3.05, 3.63) is 40.4 Å². The molecule has 0 radical (unpaired) electrons. The van der Waals surface area contributed by atoms with Gasteiger partial charge in [-0.2, -0.15) is 0 Å². The molecule has 0 bridgehead atoms. The first kappa shape index (κ1) is 18.5. The first-order valence-corrected chi connectivity index (χ1v) is 8.71. The molecule has 1 saturated heterocycles. The zero-order valence-corrected chi connectivity index (χ0v) is 15.5. The Morgan fingerprint density at radius 2 is 2.00 bits per heavy atom. The maximum Gasteiger partial charge on any atom is 0.260 e. The molecule has 7 nitrogen and oxygen atoms in total. The highest BCUT2D eigenvalue weighted by Gasteiger charge is 2.28. The number of hydrogen-bond donors (Lipinski definition) is 0. The monoisotopic (exact) mass is 397 g/mol. The maximum absolute atomic E-state index is 12.3. The van der Waals surface area contributed by atoms with E-state index in [0.717, 1.165) is 0 Å². The minimum Gasteiger partial charge on any atom is -0.482 e. The first-order chi connectivity index (χ1) is 12.5. The molecule has 1 unspecified atom stereocenters. The number of likely N-dealkylation sites (tertiary alicyclic amines) is 1. The summed E-state index contributed by atoms with van der Waals surface area (Å²) in [5.74, 6) is 1.10. The zero-order valence-electron chi connectivity index (χ0n) is 14.0. The topological polar surface area (TPSA) is 73.8 Å². The van der Waals surface area contributed by atoms with E-state index in [1.54, 1.807) is 35.2 Å². The van der Waals surface area contributed by atoms with Crippen LogP contribution in [0.2, 0.25) is 10.0 Å². The third-order valence-electron chi connectivity index (χ3n) is 3.85. The molecule has 0 spiro atoms. The lowest BCUT2D eigenvalue weighted by Crippen LogP contribution is -2.34. The van der Waals surface area contributed by atoms with Crippen LogP contribution in [0.4, 0.5) is 0 Å². The van der Waals surface area contributed by atoms with Gasteiger partial charge in [0.25, 0.3) is 5.91 Å². The Morgan fingerprint density at radius 3 is 2.69 bits per heavy atom. The third kappa shape index (κ3) is 4.68. The number of carbonyl (C=O) groups is 1. The Labute approximate surface area is 160 Å². The molecule has 1 atom stereocenters. The molecule has 0 aliphatic carbocycles. The lowest BCUT2D eigenvalue weighted by Gasteiger charge is -2.17. The van der Waals surface area contributed by atoms with Crippen LogP contribution in [-0.4, -0.2) is 53.9 Å². The molecule has 1 aliphatic heterocycles. The lowest BCUT2D eigenvalue weighted by molar-refractivity contribution is -0.132. The van der Waals surface area contributed by atoms with Crippen molar-refractivity contribution in [1.29, 1.82) is 0 Å². The van der Waals surface area contributed by atoms with Crippen LogP contribution in [0.1, 0.15) is 6.42 Å². The van der Waals surface area contributed by atoms with E-state index in [0.29, 0.717) is 47.1 Å². The van der Waals surface area contributed by atoms with Crippen LogP contribution in [0.3, 0.4) is 0 Å². The van der Waals surface area contributed by atoms with Gasteiger partial charge < -0.3 is 19.1 Å². The van der Waals surface area contributed by atoms with E-state index < -0.39 is 0 Å². The molecule has 2 heterocycles. The second-order valence-electron chi connectivity index (χ2n) is 5.65. The SMILES string of the molecule is COc1ccc(OC2CCN(C(=O)COc3ccc(Cl)cc3Cl)C2)nn1. The van der Waals surface area contributed by atoms with Gasteiger partial charge in [-0.15, -0.1) is 10.2 Å². The van der Waals surface area contributed by atoms with E-state index in [9.17, 15) is 4.79 Å². The van der Waals surface area contributed by atoms with E-state index >= 15 is 0 Å². The summed E-state index contributed by atoms with van der Waals surface area (Å²) in [6.07, 6.45) is 0.571. The smallest absolute Gasteiger partial charge is 0.260 e. The largest absolute Gasteiger partial charge is 0.482 e. The van der Waals surface area contributed by atoms with Crippen LogP contribution < -0.4 is 14.2 Å². The van der Waals surface area contributed by atoms with Crippen molar-refractivity contribution in [2.75, 3.05) is 26.8 Å². The molecule has 3 rings (SSSR count). The molecule has 138 valence electrons. The number of amides is 1. The Morgan fingerprint density at radius 1 is 1.23 bits per heavy atom. The summed E-state index contributed by atoms with van der Waals surface area (Å²) in [6, 6.07) is 8.21. The molecule has 1 aliphatic rings. The van der Waals surface area contributed by atoms with Crippen LogP contribution in [0.15, 0.2) is 30.3 Å². The fraction of sp³-hybridized carbons (Fsp3) is 0.353. The van der Waals surface area contributed by atoms with Gasteiger partial charge >= 0.3 is 0 Å². The molecule has 26 heavy (non-hydrogen) atoms. The number of ether oxygens (including phenoxy) is 3. The highest BCUT2D eigenvalue weighted by atomic mass is 35.5. The predicted molar refractivity (Wildman–Crippen MR) is 96.2 cm³/mol. The van der Waals surface area contributed by atoms with Gasteiger partial charge in [0, 0.05) is 30.1 Å². The molecule has 1 amide bonds. The molecule has 2 aromatic rings. The Bertz CT molecular complexity index is 773. The van der Waals surface area contributed by atoms with Crippen LogP contribution in [0.5, 0.6) is 17.5 Å². The number of carbonyl (C=O) groups excluding carboxylic acids is 1. The molecule has 0 saturated carbocycles. The zero-order chi connectivity index (χ0) is 18.5. The average Bonchev–Trinajstić information content (AvgIpc) is 3.10. The second-order valence-corrected chi connectivity index (χ2v) is 6.49. The molecule has 1 fully saturated rings. The third-order valence-corrected chi connectivity index (χ3v) is 4.39. The molecule has 1 aromatic heterocycles. The summed E-state index contributed by atoms with van der Waals surface area (Å²) in [6.45, 7) is 0.950. The number of benzene rings is 1. The van der Waals surface area contributed by atoms with Crippen molar-refractivity contribution in [3.8, 4) is 17.5 Å². The molecular formula is C17H17Cl2N3O4. The number of halogens is 2. The fourth-order valence-electron chi connectivity index (χ4n) is 2.52. The minimum atomic E-state index is -0.138. The molecular weight excluding hydrogens is 381 g/mol. The van der Waals surface area contributed by atoms with Crippen molar-refractivity contribution in [2.24, 2.45) is 0 Å². The number of rotatable bonds is 6. The highest BCUT2D eigenvalue weighted by Crippen LogP contribution is 2.27. The van der Waals surface area contributed by atoms with Gasteiger partial charge in [0.1, 0.15) is 11.9 Å². The van der Waals surface area contributed by atoms with E-state index in [1.807, 2.05) is 0 Å². The van der Waals surface area contributed by atoms with Crippen molar-refractivity contribution >= 4 is 29.1 Å². The number of methoxy groups -OCH3 is 1. The minimum absolute atomic E-state index is 0.101. The average molecular weight is 398 g/mol. The molecule has 9 heteroatoms. The number of hydrogen-bond acceptors (Lipinski definition) is 6. The van der Waals surface area contributed by atoms with Crippen LogP contribution in [0.25, 0.3) is 0 Å². The summed E-state index contributed by atoms with van der Waals surface area (Å²) < 4.78 is 16.2. The van der Waals surface area contributed by atoms with Crippen LogP contribution >= 0.6 is 23.2 Å². The summed E-state index contributed by atoms with van der Waals surface area (Å²) in [4.78, 5) is 14.0. The van der Waals surface area contributed by atoms with Gasteiger partial charge in [-0.05, 0) is 18.2 Å². The van der Waals surface area contributed by atoms with Crippen LogP contribution in [0, 0.1) is 0 Å². The first-order valence-electron chi connectivity index (χ1n) is 7.95. The maximum atomic E-state index is 12.3.